The van der Waals surface area contributed by atoms with Crippen molar-refractivity contribution in [3.63, 3.8) is 0 Å². The second-order valence-corrected chi connectivity index (χ2v) is 13.1. The van der Waals surface area contributed by atoms with Crippen LogP contribution in [0.2, 0.25) is 0 Å². The van der Waals surface area contributed by atoms with Crippen molar-refractivity contribution < 1.29 is 24.0 Å². The third-order valence-electron chi connectivity index (χ3n) is 9.89. The summed E-state index contributed by atoms with van der Waals surface area (Å²) in [7, 11) is 0. The fourth-order valence-electron chi connectivity index (χ4n) is 7.22. The molecule has 0 amide bonds. The van der Waals surface area contributed by atoms with Gasteiger partial charge in [0.05, 0.1) is 35.2 Å². The van der Waals surface area contributed by atoms with Crippen molar-refractivity contribution in [3.05, 3.63) is 134 Å². The van der Waals surface area contributed by atoms with Gasteiger partial charge in [0.25, 0.3) is 5.69 Å². The van der Waals surface area contributed by atoms with Crippen LogP contribution in [0.25, 0.3) is 0 Å². The number of dihydropyridines is 1. The molecule has 2 heterocycles. The molecule has 1 atom stereocenters. The first-order chi connectivity index (χ1) is 24.2. The number of carbonyl (C=O) groups excluding carboxylic acids is 2. The standard InChI is InChI=1S/C40H48N4O6/c1-3-4-5-12-26-49-39(46)36-35(30-15-13-20-33(28-30)44(47)48)34(29(2)42-37(36)41)38(45)50-27-14-23-43-24-21-40(22-25-43,31-16-8-6-9-17-31)32-18-10-7-11-19-32/h6-11,13,15-20,28,35,42H,3-5,12,14,21-27,41H2,1-2H3. The van der Waals surface area contributed by atoms with E-state index in [2.05, 4.69) is 77.8 Å². The first kappa shape index (κ1) is 36.3. The zero-order valence-corrected chi connectivity index (χ0v) is 29.1. The average molecular weight is 681 g/mol. The quantitative estimate of drug-likeness (QED) is 0.0763. The van der Waals surface area contributed by atoms with Crippen LogP contribution in [0.15, 0.2) is 108 Å². The van der Waals surface area contributed by atoms with Gasteiger partial charge in [-0.15, -0.1) is 0 Å². The van der Waals surface area contributed by atoms with Crippen LogP contribution in [0.1, 0.15) is 81.4 Å². The summed E-state index contributed by atoms with van der Waals surface area (Å²) < 4.78 is 11.4. The summed E-state index contributed by atoms with van der Waals surface area (Å²) in [4.78, 5) is 40.8. The average Bonchev–Trinajstić information content (AvgIpc) is 3.14. The van der Waals surface area contributed by atoms with E-state index < -0.39 is 22.8 Å². The van der Waals surface area contributed by atoms with E-state index in [4.69, 9.17) is 15.2 Å². The molecule has 3 aromatic rings. The van der Waals surface area contributed by atoms with Crippen LogP contribution in [0.5, 0.6) is 0 Å². The number of nitrogens with zero attached hydrogens (tertiary/aromatic N) is 2. The zero-order valence-electron chi connectivity index (χ0n) is 29.1. The minimum absolute atomic E-state index is 0.0344. The summed E-state index contributed by atoms with van der Waals surface area (Å²) in [5.74, 6) is -2.25. The summed E-state index contributed by atoms with van der Waals surface area (Å²) in [5.41, 5.74) is 9.80. The highest BCUT2D eigenvalue weighted by molar-refractivity contribution is 5.99. The predicted octanol–water partition coefficient (Wildman–Crippen LogP) is 6.86. The van der Waals surface area contributed by atoms with Crippen molar-refractivity contribution in [1.82, 2.24) is 10.2 Å². The van der Waals surface area contributed by atoms with Crippen molar-refractivity contribution in [2.45, 2.75) is 70.1 Å². The van der Waals surface area contributed by atoms with E-state index in [0.29, 0.717) is 24.1 Å². The molecule has 0 aromatic heterocycles. The van der Waals surface area contributed by atoms with E-state index in [9.17, 15) is 19.7 Å². The SMILES string of the molecule is CCCCCCOC(=O)C1=C(N)NC(C)=C(C(=O)OCCCN2CCC(c3ccccc3)(c3ccccc3)CC2)C1c1cccc([N+](=O)[O-])c1. The smallest absolute Gasteiger partial charge is 0.338 e. The van der Waals surface area contributed by atoms with Crippen LogP contribution in [0.4, 0.5) is 5.69 Å². The molecule has 3 aromatic carbocycles. The van der Waals surface area contributed by atoms with Gasteiger partial charge in [0, 0.05) is 29.8 Å². The minimum atomic E-state index is -1.00. The molecule has 1 saturated heterocycles. The summed E-state index contributed by atoms with van der Waals surface area (Å²) in [6, 6.07) is 27.3. The molecule has 10 nitrogen and oxygen atoms in total. The van der Waals surface area contributed by atoms with Crippen LogP contribution < -0.4 is 11.1 Å². The van der Waals surface area contributed by atoms with Crippen molar-refractivity contribution in [2.24, 2.45) is 5.73 Å². The molecule has 0 saturated carbocycles. The highest BCUT2D eigenvalue weighted by Gasteiger charge is 2.40. The highest BCUT2D eigenvalue weighted by Crippen LogP contribution is 2.42. The largest absolute Gasteiger partial charge is 0.462 e. The number of non-ortho nitro benzene ring substituents is 1. The number of nitrogens with one attached hydrogen (secondary N) is 1. The number of esters is 2. The van der Waals surface area contributed by atoms with Gasteiger partial charge in [-0.1, -0.05) is 99.0 Å². The Kier molecular flexibility index (Phi) is 12.4. The Morgan fingerprint density at radius 3 is 2.06 bits per heavy atom. The topological polar surface area (TPSA) is 137 Å². The van der Waals surface area contributed by atoms with Gasteiger partial charge in [-0.25, -0.2) is 9.59 Å². The normalized spacial score (nSPS) is 17.6. The second kappa shape index (κ2) is 17.1. The lowest BCUT2D eigenvalue weighted by atomic mass is 9.68. The molecule has 10 heteroatoms. The molecule has 5 rings (SSSR count). The summed E-state index contributed by atoms with van der Waals surface area (Å²) in [6.07, 6.45) is 6.27. The number of carbonyl (C=O) groups is 2. The van der Waals surface area contributed by atoms with Crippen molar-refractivity contribution in [3.8, 4) is 0 Å². The van der Waals surface area contributed by atoms with Crippen LogP contribution >= 0.6 is 0 Å². The Labute approximate surface area is 294 Å². The van der Waals surface area contributed by atoms with E-state index in [1.165, 1.54) is 29.3 Å². The Bertz CT molecular complexity index is 1660. The molecule has 0 spiro atoms. The van der Waals surface area contributed by atoms with Crippen molar-refractivity contribution in [2.75, 3.05) is 32.8 Å². The number of ether oxygens (including phenoxy) is 2. The molecule has 1 fully saturated rings. The zero-order chi connectivity index (χ0) is 35.5. The third kappa shape index (κ3) is 8.42. The first-order valence-corrected chi connectivity index (χ1v) is 17.6. The van der Waals surface area contributed by atoms with Crippen LogP contribution in [-0.2, 0) is 24.5 Å². The number of likely N-dealkylation sites (tertiary alicyclic amines) is 1. The maximum Gasteiger partial charge on any atom is 0.338 e. The Morgan fingerprint density at radius 1 is 0.860 bits per heavy atom. The maximum absolute atomic E-state index is 13.8. The number of allylic oxidation sites excluding steroid dienone is 1. The Morgan fingerprint density at radius 2 is 1.46 bits per heavy atom. The Hall–Kier alpha value is -4.96. The lowest BCUT2D eigenvalue weighted by Gasteiger charge is -2.43. The number of nitro benzene ring substituents is 1. The molecule has 2 aliphatic heterocycles. The predicted molar refractivity (Wildman–Crippen MR) is 193 cm³/mol. The molecule has 2 aliphatic rings. The fraction of sp³-hybridized carbons (Fsp3) is 0.400. The third-order valence-corrected chi connectivity index (χ3v) is 9.89. The maximum atomic E-state index is 13.8. The number of benzene rings is 3. The molecule has 264 valence electrons. The number of hydrogen-bond donors (Lipinski definition) is 2. The number of nitro groups is 1. The number of nitrogens with two attached hydrogens (primary N) is 1. The second-order valence-electron chi connectivity index (χ2n) is 13.1. The van der Waals surface area contributed by atoms with Gasteiger partial charge >= 0.3 is 11.9 Å². The van der Waals surface area contributed by atoms with Gasteiger partial charge in [-0.2, -0.15) is 0 Å². The summed E-state index contributed by atoms with van der Waals surface area (Å²) in [6.45, 7) is 6.74. The van der Waals surface area contributed by atoms with Crippen LogP contribution in [0, 0.1) is 10.1 Å². The number of rotatable bonds is 15. The van der Waals surface area contributed by atoms with Crippen LogP contribution in [0.3, 0.4) is 0 Å². The lowest BCUT2D eigenvalue weighted by Crippen LogP contribution is -2.43. The number of piperidine rings is 1. The molecule has 1 unspecified atom stereocenters. The fourth-order valence-corrected chi connectivity index (χ4v) is 7.22. The van der Waals surface area contributed by atoms with Gasteiger partial charge in [0.2, 0.25) is 0 Å². The Balaban J connectivity index is 1.25. The molecular weight excluding hydrogens is 632 g/mol. The molecule has 0 bridgehead atoms. The monoisotopic (exact) mass is 680 g/mol. The van der Waals surface area contributed by atoms with Gasteiger partial charge in [0.1, 0.15) is 5.82 Å². The van der Waals surface area contributed by atoms with Gasteiger partial charge < -0.3 is 25.4 Å². The lowest BCUT2D eigenvalue weighted by molar-refractivity contribution is -0.384. The van der Waals surface area contributed by atoms with E-state index >= 15 is 0 Å². The van der Waals surface area contributed by atoms with Crippen molar-refractivity contribution in [1.29, 1.82) is 0 Å². The number of hydrogen-bond acceptors (Lipinski definition) is 9. The molecule has 50 heavy (non-hydrogen) atoms. The summed E-state index contributed by atoms with van der Waals surface area (Å²) >= 11 is 0. The molecule has 0 aliphatic carbocycles. The molecule has 3 N–H and O–H groups in total. The minimum Gasteiger partial charge on any atom is -0.462 e. The van der Waals surface area contributed by atoms with E-state index in [-0.39, 0.29) is 41.3 Å². The van der Waals surface area contributed by atoms with E-state index in [1.54, 1.807) is 13.0 Å². The molecule has 0 radical (unpaired) electrons. The van der Waals surface area contributed by atoms with E-state index in [1.807, 2.05) is 0 Å². The highest BCUT2D eigenvalue weighted by atomic mass is 16.6. The van der Waals surface area contributed by atoms with Crippen LogP contribution in [-0.4, -0.2) is 54.6 Å². The van der Waals surface area contributed by atoms with Gasteiger partial charge in [-0.3, -0.25) is 10.1 Å². The van der Waals surface area contributed by atoms with Crippen molar-refractivity contribution >= 4 is 17.6 Å². The molecular formula is C40H48N4O6. The van der Waals surface area contributed by atoms with E-state index in [0.717, 1.165) is 51.7 Å². The first-order valence-electron chi connectivity index (χ1n) is 17.6. The van der Waals surface area contributed by atoms with Gasteiger partial charge in [-0.05, 0) is 62.4 Å². The summed E-state index contributed by atoms with van der Waals surface area (Å²) in [5, 5.41) is 14.6. The number of unbranched alkanes of at least 4 members (excludes halogenated alkanes) is 3. The van der Waals surface area contributed by atoms with Gasteiger partial charge in [0.15, 0.2) is 0 Å².